The van der Waals surface area contributed by atoms with Crippen LogP contribution in [-0.4, -0.2) is 47.4 Å². The number of hydrogen-bond acceptors (Lipinski definition) is 3. The Morgan fingerprint density at radius 2 is 2.11 bits per heavy atom. The average molecular weight is 384 g/mol. The highest BCUT2D eigenvalue weighted by Gasteiger charge is 2.41. The maximum absolute atomic E-state index is 15.2. The highest BCUT2D eigenvalue weighted by atomic mass is 19.1. The van der Waals surface area contributed by atoms with Crippen molar-refractivity contribution in [3.8, 4) is 0 Å². The van der Waals surface area contributed by atoms with E-state index in [1.165, 1.54) is 12.1 Å². The first-order valence-corrected chi connectivity index (χ1v) is 9.62. The first kappa shape index (κ1) is 18.5. The topological polar surface area (TPSA) is 82.4 Å². The van der Waals surface area contributed by atoms with E-state index in [1.807, 2.05) is 23.6 Å². The Bertz CT molecular complexity index is 996. The van der Waals surface area contributed by atoms with Gasteiger partial charge in [0.1, 0.15) is 5.82 Å². The molecule has 2 amide bonds. The quantitative estimate of drug-likeness (QED) is 0.798. The lowest BCUT2D eigenvalue weighted by molar-refractivity contribution is -0.130. The van der Waals surface area contributed by atoms with Gasteiger partial charge >= 0.3 is 0 Å². The molecule has 0 aliphatic carbocycles. The third kappa shape index (κ3) is 2.68. The van der Waals surface area contributed by atoms with Crippen molar-refractivity contribution in [2.45, 2.75) is 32.7 Å². The van der Waals surface area contributed by atoms with E-state index in [2.05, 4.69) is 11.6 Å². The van der Waals surface area contributed by atoms with Crippen LogP contribution < -0.4 is 10.6 Å². The van der Waals surface area contributed by atoms with Gasteiger partial charge in [0.05, 0.1) is 22.8 Å². The number of amides is 2. The number of carbonyl (C=O) groups excluding carboxylic acids is 2. The minimum atomic E-state index is -0.658. The van der Waals surface area contributed by atoms with Gasteiger partial charge in [0.2, 0.25) is 5.91 Å². The highest BCUT2D eigenvalue weighted by molar-refractivity contribution is 6.10. The molecule has 2 atom stereocenters. The molecule has 3 N–H and O–H groups in total. The number of fused-ring (bicyclic) bond motifs is 2. The molecule has 2 aliphatic rings. The third-order valence-electron chi connectivity index (χ3n) is 6.32. The van der Waals surface area contributed by atoms with E-state index in [-0.39, 0.29) is 17.5 Å². The summed E-state index contributed by atoms with van der Waals surface area (Å²) in [7, 11) is 0. The summed E-state index contributed by atoms with van der Waals surface area (Å²) in [4.78, 5) is 31.2. The summed E-state index contributed by atoms with van der Waals surface area (Å²) in [6.07, 6.45) is 3.30. The van der Waals surface area contributed by atoms with E-state index in [0.29, 0.717) is 42.1 Å². The van der Waals surface area contributed by atoms with Crippen molar-refractivity contribution in [3.05, 3.63) is 41.4 Å². The van der Waals surface area contributed by atoms with Gasteiger partial charge in [0, 0.05) is 30.7 Å². The highest BCUT2D eigenvalue weighted by Crippen LogP contribution is 2.40. The second-order valence-electron chi connectivity index (χ2n) is 7.85. The van der Waals surface area contributed by atoms with Crippen molar-refractivity contribution in [3.63, 3.8) is 0 Å². The van der Waals surface area contributed by atoms with Gasteiger partial charge in [-0.25, -0.2) is 4.39 Å². The number of piperidine rings is 1. The fourth-order valence-electron chi connectivity index (χ4n) is 4.86. The number of anilines is 1. The lowest BCUT2D eigenvalue weighted by atomic mass is 9.92. The Hall–Kier alpha value is -2.83. The zero-order valence-electron chi connectivity index (χ0n) is 16.2. The summed E-state index contributed by atoms with van der Waals surface area (Å²) in [5, 5.41) is 0.701. The number of aromatic amines is 1. The van der Waals surface area contributed by atoms with Crippen LogP contribution in [0.1, 0.15) is 34.5 Å². The van der Waals surface area contributed by atoms with E-state index in [1.54, 1.807) is 0 Å². The molecule has 7 heteroatoms. The van der Waals surface area contributed by atoms with Crippen molar-refractivity contribution in [1.82, 2.24) is 9.88 Å². The van der Waals surface area contributed by atoms with E-state index in [9.17, 15) is 9.59 Å². The van der Waals surface area contributed by atoms with Crippen LogP contribution in [0.5, 0.6) is 0 Å². The molecule has 3 heterocycles. The first-order chi connectivity index (χ1) is 13.3. The summed E-state index contributed by atoms with van der Waals surface area (Å²) in [5.74, 6) is -0.888. The summed E-state index contributed by atoms with van der Waals surface area (Å²) in [6.45, 7) is 9.38. The molecule has 2 fully saturated rings. The van der Waals surface area contributed by atoms with Gasteiger partial charge in [0.25, 0.3) is 5.91 Å². The standard InChI is InChI=1S/C21H25FN4O2/c1-4-17(27)26-7-5-6-13-9-25(10-16(13)26)20-15(22)8-14(21(23)28)19-18(20)11(2)12(3)24-19/h4,8,13,16,24H,1,5-7,9-10H2,2-3H3,(H2,23,28)/t13-,16+/m1/s1. The van der Waals surface area contributed by atoms with Gasteiger partial charge in [-0.1, -0.05) is 6.58 Å². The molecular formula is C21H25FN4O2. The Labute approximate surface area is 163 Å². The molecule has 2 saturated heterocycles. The molecule has 2 aliphatic heterocycles. The molecular weight excluding hydrogens is 359 g/mol. The normalized spacial score (nSPS) is 21.8. The average Bonchev–Trinajstić information content (AvgIpc) is 3.22. The van der Waals surface area contributed by atoms with Crippen LogP contribution in [-0.2, 0) is 4.79 Å². The fraction of sp³-hybridized carbons (Fsp3) is 0.429. The van der Waals surface area contributed by atoms with Crippen LogP contribution in [0.15, 0.2) is 18.7 Å². The predicted molar refractivity (Wildman–Crippen MR) is 107 cm³/mol. The number of nitrogens with two attached hydrogens (primary N) is 1. The van der Waals surface area contributed by atoms with Gasteiger partial charge in [-0.3, -0.25) is 9.59 Å². The van der Waals surface area contributed by atoms with E-state index in [0.717, 1.165) is 24.1 Å². The van der Waals surface area contributed by atoms with Gasteiger partial charge in [-0.15, -0.1) is 0 Å². The van der Waals surface area contributed by atoms with Crippen molar-refractivity contribution < 1.29 is 14.0 Å². The number of halogens is 1. The van der Waals surface area contributed by atoms with Crippen molar-refractivity contribution in [1.29, 1.82) is 0 Å². The zero-order valence-corrected chi connectivity index (χ0v) is 16.2. The minimum absolute atomic E-state index is 0.0462. The molecule has 0 unspecified atom stereocenters. The van der Waals surface area contributed by atoms with Gasteiger partial charge in [0.15, 0.2) is 0 Å². The summed E-state index contributed by atoms with van der Waals surface area (Å²) in [6, 6.07) is 1.27. The third-order valence-corrected chi connectivity index (χ3v) is 6.32. The number of hydrogen-bond donors (Lipinski definition) is 2. The number of likely N-dealkylation sites (tertiary alicyclic amines) is 1. The van der Waals surface area contributed by atoms with Crippen molar-refractivity contribution >= 4 is 28.4 Å². The Balaban J connectivity index is 1.81. The van der Waals surface area contributed by atoms with Crippen molar-refractivity contribution in [2.75, 3.05) is 24.5 Å². The Kier molecular flexibility index (Phi) is 4.40. The number of aryl methyl sites for hydroxylation is 2. The molecule has 0 saturated carbocycles. The fourth-order valence-corrected chi connectivity index (χ4v) is 4.86. The zero-order chi connectivity index (χ0) is 20.2. The molecule has 4 rings (SSSR count). The van der Waals surface area contributed by atoms with Crippen LogP contribution in [0.3, 0.4) is 0 Å². The molecule has 1 aromatic heterocycles. The maximum atomic E-state index is 15.2. The minimum Gasteiger partial charge on any atom is -0.366 e. The molecule has 28 heavy (non-hydrogen) atoms. The molecule has 148 valence electrons. The largest absolute Gasteiger partial charge is 0.366 e. The number of rotatable bonds is 3. The van der Waals surface area contributed by atoms with Crippen LogP contribution in [0, 0.1) is 25.6 Å². The number of carbonyl (C=O) groups is 2. The van der Waals surface area contributed by atoms with Crippen LogP contribution >= 0.6 is 0 Å². The number of primary amides is 1. The van der Waals surface area contributed by atoms with Gasteiger partial charge in [-0.05, 0) is 50.3 Å². The van der Waals surface area contributed by atoms with Crippen LogP contribution in [0.2, 0.25) is 0 Å². The van der Waals surface area contributed by atoms with Gasteiger partial charge < -0.3 is 20.5 Å². The molecule has 6 nitrogen and oxygen atoms in total. The molecule has 2 aromatic rings. The predicted octanol–water partition coefficient (Wildman–Crippen LogP) is 2.64. The summed E-state index contributed by atoms with van der Waals surface area (Å²) < 4.78 is 15.2. The molecule has 0 spiro atoms. The second-order valence-corrected chi connectivity index (χ2v) is 7.85. The number of nitrogens with one attached hydrogen (secondary N) is 1. The SMILES string of the molecule is C=CC(=O)N1CCC[C@@H]2CN(c3c(F)cc(C(N)=O)c4[nH]c(C)c(C)c34)C[C@@H]21. The van der Waals surface area contributed by atoms with E-state index in [4.69, 9.17) is 5.73 Å². The molecule has 0 bridgehead atoms. The molecule has 1 aromatic carbocycles. The summed E-state index contributed by atoms with van der Waals surface area (Å²) in [5.41, 5.74) is 8.49. The number of nitrogens with zero attached hydrogens (tertiary/aromatic N) is 2. The maximum Gasteiger partial charge on any atom is 0.250 e. The first-order valence-electron chi connectivity index (χ1n) is 9.62. The smallest absolute Gasteiger partial charge is 0.250 e. The van der Waals surface area contributed by atoms with E-state index >= 15 is 4.39 Å². The van der Waals surface area contributed by atoms with Crippen molar-refractivity contribution in [2.24, 2.45) is 11.7 Å². The lowest BCUT2D eigenvalue weighted by Crippen LogP contribution is -2.47. The van der Waals surface area contributed by atoms with E-state index < -0.39 is 11.7 Å². The number of aromatic nitrogens is 1. The second kappa shape index (κ2) is 6.65. The Morgan fingerprint density at radius 3 is 2.79 bits per heavy atom. The molecule has 0 radical (unpaired) electrons. The number of benzene rings is 1. The van der Waals surface area contributed by atoms with Crippen LogP contribution in [0.4, 0.5) is 10.1 Å². The lowest BCUT2D eigenvalue weighted by Gasteiger charge is -2.36. The monoisotopic (exact) mass is 384 g/mol. The Morgan fingerprint density at radius 1 is 1.36 bits per heavy atom. The van der Waals surface area contributed by atoms with Crippen LogP contribution in [0.25, 0.3) is 10.9 Å². The van der Waals surface area contributed by atoms with Gasteiger partial charge in [-0.2, -0.15) is 0 Å². The number of H-pyrrole nitrogens is 1. The summed E-state index contributed by atoms with van der Waals surface area (Å²) >= 11 is 0.